The van der Waals surface area contributed by atoms with Crippen LogP contribution in [0.3, 0.4) is 0 Å². The van der Waals surface area contributed by atoms with Crippen molar-refractivity contribution in [3.05, 3.63) is 32.8 Å². The number of fused-ring (bicyclic) bond motifs is 1. The monoisotopic (exact) mass is 219 g/mol. The number of hydrogen-bond acceptors (Lipinski definition) is 2. The molecule has 4 nitrogen and oxygen atoms in total. The Morgan fingerprint density at radius 1 is 1.31 bits per heavy atom. The van der Waals surface area contributed by atoms with Gasteiger partial charge >= 0.3 is 0 Å². The quantitative estimate of drug-likeness (QED) is 0.620. The second-order valence-electron chi connectivity index (χ2n) is 4.82. The first-order valence-electron chi connectivity index (χ1n) is 5.35. The molecule has 1 heterocycles. The van der Waals surface area contributed by atoms with Crippen molar-refractivity contribution in [3.8, 4) is 0 Å². The molecule has 2 rings (SSSR count). The van der Waals surface area contributed by atoms with Crippen molar-refractivity contribution in [2.24, 2.45) is 5.73 Å². The molecule has 4 N–H and O–H groups in total. The Morgan fingerprint density at radius 3 is 2.69 bits per heavy atom. The van der Waals surface area contributed by atoms with Gasteiger partial charge in [0.25, 0.3) is 5.56 Å². The van der Waals surface area contributed by atoms with Crippen LogP contribution in [-0.2, 0) is 0 Å². The van der Waals surface area contributed by atoms with Gasteiger partial charge in [-0.15, -0.1) is 0 Å². The van der Waals surface area contributed by atoms with Crippen molar-refractivity contribution in [3.63, 3.8) is 0 Å². The van der Waals surface area contributed by atoms with Gasteiger partial charge in [-0.25, -0.2) is 0 Å². The summed E-state index contributed by atoms with van der Waals surface area (Å²) in [6.45, 7) is 5.98. The lowest BCUT2D eigenvalue weighted by Crippen LogP contribution is -2.38. The van der Waals surface area contributed by atoms with Gasteiger partial charge in [0.15, 0.2) is 0 Å². The highest BCUT2D eigenvalue weighted by Gasteiger charge is 2.24. The summed E-state index contributed by atoms with van der Waals surface area (Å²) >= 11 is 0. The van der Waals surface area contributed by atoms with Gasteiger partial charge in [-0.3, -0.25) is 15.0 Å². The fourth-order valence-corrected chi connectivity index (χ4v) is 2.04. The fourth-order valence-electron chi connectivity index (χ4n) is 2.04. The third-order valence-corrected chi connectivity index (χ3v) is 3.14. The van der Waals surface area contributed by atoms with Crippen molar-refractivity contribution in [1.29, 1.82) is 0 Å². The van der Waals surface area contributed by atoms with Crippen molar-refractivity contribution in [2.45, 2.75) is 32.7 Å². The molecule has 0 radical (unpaired) electrons. The van der Waals surface area contributed by atoms with Crippen LogP contribution in [0, 0.1) is 0 Å². The maximum absolute atomic E-state index is 11.6. The summed E-state index contributed by atoms with van der Waals surface area (Å²) in [6, 6.07) is 0. The molecule has 16 heavy (non-hydrogen) atoms. The number of aromatic nitrogens is 2. The zero-order valence-corrected chi connectivity index (χ0v) is 9.85. The molecule has 1 aliphatic carbocycles. The van der Waals surface area contributed by atoms with Crippen LogP contribution in [0.15, 0.2) is 15.9 Å². The van der Waals surface area contributed by atoms with Gasteiger partial charge in [0, 0.05) is 5.54 Å². The molecular weight excluding hydrogens is 202 g/mol. The van der Waals surface area contributed by atoms with E-state index in [1.165, 1.54) is 0 Å². The van der Waals surface area contributed by atoms with E-state index in [0.717, 1.165) is 23.3 Å². The molecule has 1 aromatic rings. The molecule has 0 saturated heterocycles. The lowest BCUT2D eigenvalue weighted by atomic mass is 9.84. The first-order valence-corrected chi connectivity index (χ1v) is 5.35. The van der Waals surface area contributed by atoms with Crippen molar-refractivity contribution >= 4 is 12.2 Å². The molecule has 0 saturated carbocycles. The van der Waals surface area contributed by atoms with Crippen LogP contribution in [0.2, 0.25) is 0 Å². The number of aromatic amines is 2. The first-order chi connectivity index (χ1) is 7.40. The summed E-state index contributed by atoms with van der Waals surface area (Å²) in [6.07, 6.45) is 4.64. The van der Waals surface area contributed by atoms with E-state index in [0.29, 0.717) is 5.56 Å². The van der Waals surface area contributed by atoms with Gasteiger partial charge in [0.2, 0.25) is 0 Å². The average Bonchev–Trinajstić information content (AvgIpc) is 2.47. The van der Waals surface area contributed by atoms with E-state index in [1.807, 2.05) is 32.9 Å². The van der Waals surface area contributed by atoms with Gasteiger partial charge in [-0.05, 0) is 39.3 Å². The van der Waals surface area contributed by atoms with Crippen molar-refractivity contribution < 1.29 is 0 Å². The Labute approximate surface area is 94.2 Å². The van der Waals surface area contributed by atoms with Gasteiger partial charge < -0.3 is 5.73 Å². The standard InChI is InChI=1S/C12H17N3O/c1-7-4-10-9(11(16)15-14-10)5-8(2)12(3,13)6-7/h4-5H,6,13H2,1-3H3,(H2,14,15,16)/b7-4+,8-5+. The van der Waals surface area contributed by atoms with Crippen LogP contribution in [0.25, 0.3) is 12.2 Å². The average molecular weight is 219 g/mol. The lowest BCUT2D eigenvalue weighted by molar-refractivity contribution is 0.547. The maximum atomic E-state index is 11.6. The minimum Gasteiger partial charge on any atom is -0.322 e. The van der Waals surface area contributed by atoms with Crippen LogP contribution >= 0.6 is 0 Å². The molecule has 0 aromatic carbocycles. The third-order valence-electron chi connectivity index (χ3n) is 3.14. The molecule has 1 atom stereocenters. The summed E-state index contributed by atoms with van der Waals surface area (Å²) in [4.78, 5) is 11.6. The summed E-state index contributed by atoms with van der Waals surface area (Å²) in [7, 11) is 0. The van der Waals surface area contributed by atoms with Crippen LogP contribution in [0.4, 0.5) is 0 Å². The van der Waals surface area contributed by atoms with Gasteiger partial charge in [0.1, 0.15) is 0 Å². The van der Waals surface area contributed by atoms with Gasteiger partial charge in [0.05, 0.1) is 11.3 Å². The lowest BCUT2D eigenvalue weighted by Gasteiger charge is -2.27. The Kier molecular flexibility index (Phi) is 2.39. The summed E-state index contributed by atoms with van der Waals surface area (Å²) in [5.41, 5.74) is 9.41. The molecule has 0 spiro atoms. The minimum absolute atomic E-state index is 0.101. The van der Waals surface area contributed by atoms with E-state index in [2.05, 4.69) is 10.2 Å². The molecule has 0 amide bonds. The fraction of sp³-hybridized carbons (Fsp3) is 0.417. The predicted molar refractivity (Wildman–Crippen MR) is 65.9 cm³/mol. The molecule has 1 aromatic heterocycles. The van der Waals surface area contributed by atoms with E-state index in [1.54, 1.807) is 0 Å². The summed E-state index contributed by atoms with van der Waals surface area (Å²) < 4.78 is 0. The molecule has 0 fully saturated rings. The normalized spacial score (nSPS) is 31.8. The molecular formula is C12H17N3O. The minimum atomic E-state index is -0.387. The Bertz CT molecular complexity index is 529. The number of nitrogens with one attached hydrogen (secondary N) is 2. The highest BCUT2D eigenvalue weighted by atomic mass is 16.1. The van der Waals surface area contributed by atoms with Crippen LogP contribution in [-0.4, -0.2) is 15.7 Å². The molecule has 4 heteroatoms. The first kappa shape index (κ1) is 11.0. The molecule has 0 bridgehead atoms. The summed E-state index contributed by atoms with van der Waals surface area (Å²) in [5.74, 6) is 0. The molecule has 1 aliphatic rings. The molecule has 1 unspecified atom stereocenters. The number of nitrogens with two attached hydrogens (primary N) is 1. The van der Waals surface area contributed by atoms with E-state index >= 15 is 0 Å². The maximum Gasteiger partial charge on any atom is 0.271 e. The highest BCUT2D eigenvalue weighted by molar-refractivity contribution is 5.67. The van der Waals surface area contributed by atoms with Crippen LogP contribution in [0.5, 0.6) is 0 Å². The topological polar surface area (TPSA) is 74.7 Å². The van der Waals surface area contributed by atoms with Gasteiger partial charge in [-0.1, -0.05) is 11.1 Å². The zero-order valence-electron chi connectivity index (χ0n) is 9.85. The van der Waals surface area contributed by atoms with E-state index in [9.17, 15) is 4.79 Å². The van der Waals surface area contributed by atoms with E-state index < -0.39 is 0 Å². The van der Waals surface area contributed by atoms with Gasteiger partial charge in [-0.2, -0.15) is 0 Å². The van der Waals surface area contributed by atoms with Crippen molar-refractivity contribution in [1.82, 2.24) is 10.2 Å². The number of hydrogen-bond donors (Lipinski definition) is 3. The summed E-state index contributed by atoms with van der Waals surface area (Å²) in [5, 5.41) is 5.47. The number of H-pyrrole nitrogens is 2. The molecule has 86 valence electrons. The van der Waals surface area contributed by atoms with Crippen molar-refractivity contribution in [2.75, 3.05) is 0 Å². The van der Waals surface area contributed by atoms with Crippen LogP contribution < -0.4 is 11.3 Å². The zero-order chi connectivity index (χ0) is 11.9. The van der Waals surface area contributed by atoms with E-state index in [-0.39, 0.29) is 11.1 Å². The smallest absolute Gasteiger partial charge is 0.271 e. The number of rotatable bonds is 0. The second-order valence-corrected chi connectivity index (χ2v) is 4.82. The SMILES string of the molecule is C/C1=C\c2[nH][nH]c(=O)c2/C=C(\C)C(C)(N)C1. The third kappa shape index (κ3) is 1.76. The van der Waals surface area contributed by atoms with E-state index in [4.69, 9.17) is 5.73 Å². The second kappa shape index (κ2) is 3.49. The Balaban J connectivity index is 2.67. The Hall–Kier alpha value is -1.55. The molecule has 0 aliphatic heterocycles. The predicted octanol–water partition coefficient (Wildman–Crippen LogP) is 1.63. The van der Waals surface area contributed by atoms with Crippen LogP contribution in [0.1, 0.15) is 38.4 Å². The Morgan fingerprint density at radius 2 is 2.00 bits per heavy atom. The highest BCUT2D eigenvalue weighted by Crippen LogP contribution is 2.27. The largest absolute Gasteiger partial charge is 0.322 e.